The summed E-state index contributed by atoms with van der Waals surface area (Å²) in [5.74, 6) is 0.384. The summed E-state index contributed by atoms with van der Waals surface area (Å²) in [4.78, 5) is 10.7. The predicted octanol–water partition coefficient (Wildman–Crippen LogP) is 1.95. The third kappa shape index (κ3) is 2.21. The molecule has 0 saturated heterocycles. The van der Waals surface area contributed by atoms with Crippen LogP contribution in [-0.4, -0.2) is 5.97 Å². The molecule has 0 aromatic heterocycles. The van der Waals surface area contributed by atoms with E-state index in [0.29, 0.717) is 12.3 Å². The Balaban J connectivity index is 2.17. The summed E-state index contributed by atoms with van der Waals surface area (Å²) in [6.07, 6.45) is 5.46. The van der Waals surface area contributed by atoms with Crippen LogP contribution in [0.5, 0.6) is 0 Å². The van der Waals surface area contributed by atoms with E-state index in [0.717, 1.165) is 0 Å². The van der Waals surface area contributed by atoms with Gasteiger partial charge < -0.3 is 4.18 Å². The predicted molar refractivity (Wildman–Crippen MR) is 41.7 cm³/mol. The van der Waals surface area contributed by atoms with E-state index in [2.05, 4.69) is 17.1 Å². The number of thiol groups is 1. The van der Waals surface area contributed by atoms with E-state index in [1.165, 1.54) is 25.7 Å². The molecule has 0 amide bonds. The molecular weight excluding hydrogens is 148 g/mol. The van der Waals surface area contributed by atoms with E-state index >= 15 is 0 Å². The Morgan fingerprint density at radius 1 is 1.50 bits per heavy atom. The molecule has 3 heteroatoms. The van der Waals surface area contributed by atoms with Gasteiger partial charge in [0.1, 0.15) is 0 Å². The van der Waals surface area contributed by atoms with Gasteiger partial charge in [-0.1, -0.05) is 12.8 Å². The molecule has 58 valence electrons. The lowest BCUT2D eigenvalue weighted by atomic mass is 10.1. The summed E-state index contributed by atoms with van der Waals surface area (Å²) in [6, 6.07) is 0. The fourth-order valence-corrected chi connectivity index (χ4v) is 1.56. The molecule has 1 aliphatic rings. The summed E-state index contributed by atoms with van der Waals surface area (Å²) in [7, 11) is 0. The number of rotatable bonds is 2. The van der Waals surface area contributed by atoms with Gasteiger partial charge >= 0.3 is 5.97 Å². The number of carbonyl (C=O) groups is 1. The summed E-state index contributed by atoms with van der Waals surface area (Å²) in [5.41, 5.74) is 0. The highest BCUT2D eigenvalue weighted by Gasteiger charge is 2.18. The average Bonchev–Trinajstić information content (AvgIpc) is 2.40. The number of hydrogen-bond acceptors (Lipinski definition) is 3. The topological polar surface area (TPSA) is 26.3 Å². The maximum Gasteiger partial charge on any atom is 0.317 e. The average molecular weight is 160 g/mol. The van der Waals surface area contributed by atoms with Crippen molar-refractivity contribution in [3.8, 4) is 0 Å². The highest BCUT2D eigenvalue weighted by Crippen LogP contribution is 2.27. The molecule has 0 radical (unpaired) electrons. The first kappa shape index (κ1) is 7.92. The fraction of sp³-hybridized carbons (Fsp3) is 0.857. The van der Waals surface area contributed by atoms with Crippen molar-refractivity contribution in [3.05, 3.63) is 0 Å². The van der Waals surface area contributed by atoms with Crippen LogP contribution in [0.15, 0.2) is 0 Å². The van der Waals surface area contributed by atoms with Crippen LogP contribution in [0.1, 0.15) is 32.1 Å². The zero-order chi connectivity index (χ0) is 7.40. The normalized spacial score (nSPS) is 19.3. The highest BCUT2D eigenvalue weighted by atomic mass is 32.1. The Bertz CT molecular complexity index is 119. The van der Waals surface area contributed by atoms with Gasteiger partial charge in [-0.15, -0.1) is 0 Å². The molecule has 1 rings (SSSR count). The molecule has 0 spiro atoms. The standard InChI is InChI=1S/C7H12O2S/c8-7(9-10)5-6-3-1-2-4-6/h6,10H,1-5H2. The molecule has 0 aromatic rings. The van der Waals surface area contributed by atoms with Crippen LogP contribution in [0.2, 0.25) is 0 Å². The van der Waals surface area contributed by atoms with Crippen LogP contribution in [0, 0.1) is 5.92 Å². The molecule has 10 heavy (non-hydrogen) atoms. The van der Waals surface area contributed by atoms with Crippen molar-refractivity contribution in [2.45, 2.75) is 32.1 Å². The summed E-state index contributed by atoms with van der Waals surface area (Å²) in [5, 5.41) is 0. The summed E-state index contributed by atoms with van der Waals surface area (Å²) < 4.78 is 4.27. The molecule has 0 aliphatic heterocycles. The van der Waals surface area contributed by atoms with Gasteiger partial charge in [0.15, 0.2) is 0 Å². The first-order chi connectivity index (χ1) is 4.83. The Morgan fingerprint density at radius 2 is 2.10 bits per heavy atom. The second-order valence-electron chi connectivity index (χ2n) is 2.82. The molecule has 0 unspecified atom stereocenters. The smallest absolute Gasteiger partial charge is 0.317 e. The molecule has 0 bridgehead atoms. The zero-order valence-electron chi connectivity index (χ0n) is 5.88. The molecule has 2 nitrogen and oxygen atoms in total. The lowest BCUT2D eigenvalue weighted by Gasteiger charge is -2.03. The Hall–Kier alpha value is -0.180. The van der Waals surface area contributed by atoms with Gasteiger partial charge in [0.2, 0.25) is 0 Å². The van der Waals surface area contributed by atoms with E-state index < -0.39 is 0 Å². The maximum atomic E-state index is 10.7. The van der Waals surface area contributed by atoms with Gasteiger partial charge in [0.25, 0.3) is 0 Å². The molecule has 1 saturated carbocycles. The van der Waals surface area contributed by atoms with Crippen LogP contribution in [-0.2, 0) is 8.98 Å². The van der Waals surface area contributed by atoms with E-state index in [1.54, 1.807) is 0 Å². The third-order valence-corrected chi connectivity index (χ3v) is 2.24. The maximum absolute atomic E-state index is 10.7. The van der Waals surface area contributed by atoms with Gasteiger partial charge in [-0.2, -0.15) is 0 Å². The van der Waals surface area contributed by atoms with Crippen molar-refractivity contribution in [2.75, 3.05) is 0 Å². The van der Waals surface area contributed by atoms with Crippen molar-refractivity contribution in [1.82, 2.24) is 0 Å². The van der Waals surface area contributed by atoms with Gasteiger partial charge in [-0.3, -0.25) is 4.79 Å². The molecule has 0 N–H and O–H groups in total. The molecule has 1 fully saturated rings. The zero-order valence-corrected chi connectivity index (χ0v) is 6.77. The van der Waals surface area contributed by atoms with Gasteiger partial charge in [-0.25, -0.2) is 0 Å². The number of carbonyl (C=O) groups excluding carboxylic acids is 1. The van der Waals surface area contributed by atoms with E-state index in [1.807, 2.05) is 0 Å². The number of hydrogen-bond donors (Lipinski definition) is 1. The van der Waals surface area contributed by atoms with E-state index in [9.17, 15) is 4.79 Å². The lowest BCUT2D eigenvalue weighted by Crippen LogP contribution is -2.04. The highest BCUT2D eigenvalue weighted by molar-refractivity contribution is 7.75. The minimum Gasteiger partial charge on any atom is -0.395 e. The minimum atomic E-state index is -0.185. The van der Waals surface area contributed by atoms with Gasteiger partial charge in [0.05, 0.1) is 0 Å². The van der Waals surface area contributed by atoms with Crippen LogP contribution < -0.4 is 0 Å². The van der Waals surface area contributed by atoms with E-state index in [-0.39, 0.29) is 5.97 Å². The van der Waals surface area contributed by atoms with Crippen molar-refractivity contribution in [3.63, 3.8) is 0 Å². The molecule has 0 heterocycles. The molecule has 1 aliphatic carbocycles. The van der Waals surface area contributed by atoms with Gasteiger partial charge in [-0.05, 0) is 18.8 Å². The van der Waals surface area contributed by atoms with Crippen LogP contribution in [0.25, 0.3) is 0 Å². The van der Waals surface area contributed by atoms with Crippen LogP contribution >= 0.6 is 12.9 Å². The first-order valence-corrected chi connectivity index (χ1v) is 4.03. The molecule has 0 aromatic carbocycles. The SMILES string of the molecule is O=C(CC1CCCC1)OS. The largest absolute Gasteiger partial charge is 0.395 e. The first-order valence-electron chi connectivity index (χ1n) is 3.67. The molecular formula is C7H12O2S. The van der Waals surface area contributed by atoms with Crippen molar-refractivity contribution >= 4 is 18.9 Å². The monoisotopic (exact) mass is 160 g/mol. The Labute approximate surface area is 66.6 Å². The molecule has 0 atom stereocenters. The second-order valence-corrected chi connectivity index (χ2v) is 3.00. The minimum absolute atomic E-state index is 0.185. The Morgan fingerprint density at radius 3 is 2.60 bits per heavy atom. The Kier molecular flexibility index (Phi) is 3.06. The fourth-order valence-electron chi connectivity index (χ4n) is 1.49. The second kappa shape index (κ2) is 3.86. The van der Waals surface area contributed by atoms with Crippen molar-refractivity contribution < 1.29 is 8.98 Å². The van der Waals surface area contributed by atoms with Crippen LogP contribution in [0.4, 0.5) is 0 Å². The third-order valence-electron chi connectivity index (χ3n) is 2.03. The van der Waals surface area contributed by atoms with Crippen molar-refractivity contribution in [2.24, 2.45) is 5.92 Å². The summed E-state index contributed by atoms with van der Waals surface area (Å²) >= 11 is 3.44. The van der Waals surface area contributed by atoms with Crippen LogP contribution in [0.3, 0.4) is 0 Å². The summed E-state index contributed by atoms with van der Waals surface area (Å²) in [6.45, 7) is 0. The van der Waals surface area contributed by atoms with E-state index in [4.69, 9.17) is 0 Å². The lowest BCUT2D eigenvalue weighted by molar-refractivity contribution is -0.133. The van der Waals surface area contributed by atoms with Crippen molar-refractivity contribution in [1.29, 1.82) is 0 Å². The van der Waals surface area contributed by atoms with Gasteiger partial charge in [0, 0.05) is 19.3 Å². The quantitative estimate of drug-likeness (QED) is 0.493.